The van der Waals surface area contributed by atoms with Crippen molar-refractivity contribution in [1.82, 2.24) is 0 Å². The van der Waals surface area contributed by atoms with Crippen LogP contribution in [0.5, 0.6) is 5.75 Å². The summed E-state index contributed by atoms with van der Waals surface area (Å²) < 4.78 is 5.23. The number of hydrogen-bond acceptors (Lipinski definition) is 3. The molecule has 2 aromatic rings. The minimum Gasteiger partial charge on any atom is -0.497 e. The highest BCUT2D eigenvalue weighted by Gasteiger charge is 2.21. The molecule has 106 valence electrons. The van der Waals surface area contributed by atoms with Crippen molar-refractivity contribution < 1.29 is 9.84 Å². The number of benzene rings is 2. The second-order valence-corrected chi connectivity index (χ2v) is 4.97. The van der Waals surface area contributed by atoms with E-state index in [0.717, 1.165) is 16.9 Å². The first-order valence-corrected chi connectivity index (χ1v) is 6.74. The van der Waals surface area contributed by atoms with Crippen molar-refractivity contribution in [2.75, 3.05) is 13.7 Å². The molecule has 2 unspecified atom stereocenters. The third kappa shape index (κ3) is 3.18. The summed E-state index contributed by atoms with van der Waals surface area (Å²) in [5.41, 5.74) is 8.91. The van der Waals surface area contributed by atoms with Crippen LogP contribution in [0.4, 0.5) is 0 Å². The lowest BCUT2D eigenvalue weighted by atomic mass is 9.89. The van der Waals surface area contributed by atoms with E-state index < -0.39 is 6.10 Å². The van der Waals surface area contributed by atoms with Gasteiger partial charge in [0.15, 0.2) is 0 Å². The first kappa shape index (κ1) is 14.6. The summed E-state index contributed by atoms with van der Waals surface area (Å²) in [5, 5.41) is 10.6. The smallest absolute Gasteiger partial charge is 0.119 e. The molecule has 0 saturated heterocycles. The summed E-state index contributed by atoms with van der Waals surface area (Å²) in [6.07, 6.45) is -0.618. The molecule has 0 aliphatic carbocycles. The topological polar surface area (TPSA) is 55.5 Å². The molecular formula is C17H21NO2. The van der Waals surface area contributed by atoms with Crippen LogP contribution in [0.2, 0.25) is 0 Å². The van der Waals surface area contributed by atoms with Gasteiger partial charge in [-0.05, 0) is 30.2 Å². The number of methoxy groups -OCH3 is 1. The molecule has 2 rings (SSSR count). The van der Waals surface area contributed by atoms with E-state index in [1.54, 1.807) is 7.11 Å². The molecule has 0 spiro atoms. The van der Waals surface area contributed by atoms with E-state index in [1.165, 1.54) is 5.56 Å². The van der Waals surface area contributed by atoms with Crippen molar-refractivity contribution in [2.45, 2.75) is 18.9 Å². The van der Waals surface area contributed by atoms with Gasteiger partial charge < -0.3 is 15.6 Å². The fraction of sp³-hybridized carbons (Fsp3) is 0.294. The van der Waals surface area contributed by atoms with E-state index in [9.17, 15) is 5.11 Å². The molecular weight excluding hydrogens is 250 g/mol. The van der Waals surface area contributed by atoms with Gasteiger partial charge in [-0.2, -0.15) is 0 Å². The molecule has 3 heteroatoms. The van der Waals surface area contributed by atoms with Crippen LogP contribution in [0.25, 0.3) is 0 Å². The molecule has 0 bridgehead atoms. The number of rotatable bonds is 5. The maximum Gasteiger partial charge on any atom is 0.119 e. The summed E-state index contributed by atoms with van der Waals surface area (Å²) in [6, 6.07) is 15.6. The van der Waals surface area contributed by atoms with E-state index in [2.05, 4.69) is 0 Å². The normalized spacial score (nSPS) is 13.8. The van der Waals surface area contributed by atoms with Crippen molar-refractivity contribution >= 4 is 0 Å². The maximum absolute atomic E-state index is 10.6. The van der Waals surface area contributed by atoms with Gasteiger partial charge in [-0.25, -0.2) is 0 Å². The zero-order valence-electron chi connectivity index (χ0n) is 11.9. The van der Waals surface area contributed by atoms with Gasteiger partial charge in [0.1, 0.15) is 5.75 Å². The zero-order valence-corrected chi connectivity index (χ0v) is 11.9. The van der Waals surface area contributed by atoms with Crippen molar-refractivity contribution in [3.8, 4) is 5.75 Å². The van der Waals surface area contributed by atoms with Crippen LogP contribution in [0.15, 0.2) is 48.5 Å². The molecule has 20 heavy (non-hydrogen) atoms. The van der Waals surface area contributed by atoms with Crippen LogP contribution in [0.1, 0.15) is 28.7 Å². The Balaban J connectivity index is 2.28. The molecule has 0 aromatic heterocycles. The Kier molecular flexibility index (Phi) is 4.77. The maximum atomic E-state index is 10.6. The Labute approximate surface area is 120 Å². The van der Waals surface area contributed by atoms with Gasteiger partial charge in [0.05, 0.1) is 13.2 Å². The van der Waals surface area contributed by atoms with E-state index in [4.69, 9.17) is 10.5 Å². The van der Waals surface area contributed by atoms with Crippen LogP contribution in [-0.4, -0.2) is 18.8 Å². The number of ether oxygens (including phenoxy) is 1. The molecule has 2 aromatic carbocycles. The van der Waals surface area contributed by atoms with Crippen molar-refractivity contribution in [2.24, 2.45) is 5.73 Å². The molecule has 0 heterocycles. The second kappa shape index (κ2) is 6.55. The van der Waals surface area contributed by atoms with Crippen molar-refractivity contribution in [1.29, 1.82) is 0 Å². The molecule has 0 aliphatic heterocycles. The predicted octanol–water partition coefficient (Wildman–Crippen LogP) is 2.78. The van der Waals surface area contributed by atoms with Crippen molar-refractivity contribution in [3.05, 3.63) is 65.2 Å². The lowest BCUT2D eigenvalue weighted by Gasteiger charge is -2.23. The van der Waals surface area contributed by atoms with E-state index in [0.29, 0.717) is 6.54 Å². The molecule has 0 radical (unpaired) electrons. The Hall–Kier alpha value is -1.84. The fourth-order valence-electron chi connectivity index (χ4n) is 2.32. The quantitative estimate of drug-likeness (QED) is 0.879. The van der Waals surface area contributed by atoms with Gasteiger partial charge >= 0.3 is 0 Å². The SMILES string of the molecule is COc1cccc(C(CN)C(O)c2ccc(C)cc2)c1. The van der Waals surface area contributed by atoms with E-state index in [-0.39, 0.29) is 5.92 Å². The van der Waals surface area contributed by atoms with Gasteiger partial charge in [0.25, 0.3) is 0 Å². The Morgan fingerprint density at radius 1 is 1.10 bits per heavy atom. The van der Waals surface area contributed by atoms with Crippen LogP contribution in [0.3, 0.4) is 0 Å². The van der Waals surface area contributed by atoms with Gasteiger partial charge in [0.2, 0.25) is 0 Å². The summed E-state index contributed by atoms with van der Waals surface area (Å²) in [4.78, 5) is 0. The van der Waals surface area contributed by atoms with Crippen molar-refractivity contribution in [3.63, 3.8) is 0 Å². The highest BCUT2D eigenvalue weighted by molar-refractivity contribution is 5.34. The zero-order chi connectivity index (χ0) is 14.5. The number of nitrogens with two attached hydrogens (primary N) is 1. The molecule has 0 fully saturated rings. The number of hydrogen-bond donors (Lipinski definition) is 2. The lowest BCUT2D eigenvalue weighted by molar-refractivity contribution is 0.147. The summed E-state index contributed by atoms with van der Waals surface area (Å²) in [6.45, 7) is 2.40. The van der Waals surface area contributed by atoms with Crippen LogP contribution in [0, 0.1) is 6.92 Å². The highest BCUT2D eigenvalue weighted by Crippen LogP contribution is 2.31. The average molecular weight is 271 g/mol. The minimum atomic E-state index is -0.618. The number of aliphatic hydroxyl groups is 1. The van der Waals surface area contributed by atoms with E-state index >= 15 is 0 Å². The lowest BCUT2D eigenvalue weighted by Crippen LogP contribution is -2.20. The van der Waals surface area contributed by atoms with Gasteiger partial charge in [-0.3, -0.25) is 0 Å². The Bertz CT molecular complexity index is 551. The summed E-state index contributed by atoms with van der Waals surface area (Å²) in [7, 11) is 1.63. The monoisotopic (exact) mass is 271 g/mol. The number of aliphatic hydroxyl groups excluding tert-OH is 1. The first-order chi connectivity index (χ1) is 9.65. The highest BCUT2D eigenvalue weighted by atomic mass is 16.5. The molecule has 3 nitrogen and oxygen atoms in total. The van der Waals surface area contributed by atoms with Gasteiger partial charge in [-0.1, -0.05) is 42.0 Å². The largest absolute Gasteiger partial charge is 0.497 e. The van der Waals surface area contributed by atoms with Gasteiger partial charge in [-0.15, -0.1) is 0 Å². The third-order valence-corrected chi connectivity index (χ3v) is 3.58. The van der Waals surface area contributed by atoms with Crippen LogP contribution < -0.4 is 10.5 Å². The Morgan fingerprint density at radius 2 is 1.80 bits per heavy atom. The van der Waals surface area contributed by atoms with Crippen LogP contribution in [-0.2, 0) is 0 Å². The summed E-state index contributed by atoms with van der Waals surface area (Å²) in [5.74, 6) is 0.630. The fourth-order valence-corrected chi connectivity index (χ4v) is 2.32. The second-order valence-electron chi connectivity index (χ2n) is 4.97. The number of aryl methyl sites for hydroxylation is 1. The molecule has 0 saturated carbocycles. The standard InChI is InChI=1S/C17H21NO2/c1-12-6-8-13(9-7-12)17(19)16(11-18)14-4-3-5-15(10-14)20-2/h3-10,16-17,19H,11,18H2,1-2H3. The molecule has 0 aliphatic rings. The molecule has 3 N–H and O–H groups in total. The molecule has 2 atom stereocenters. The van der Waals surface area contributed by atoms with Gasteiger partial charge in [0, 0.05) is 12.5 Å². The predicted molar refractivity (Wildman–Crippen MR) is 80.9 cm³/mol. The summed E-state index contributed by atoms with van der Waals surface area (Å²) >= 11 is 0. The molecule has 0 amide bonds. The van der Waals surface area contributed by atoms with E-state index in [1.807, 2.05) is 55.5 Å². The van der Waals surface area contributed by atoms with Crippen LogP contribution >= 0.6 is 0 Å². The first-order valence-electron chi connectivity index (χ1n) is 6.74. The third-order valence-electron chi connectivity index (χ3n) is 3.58. The Morgan fingerprint density at radius 3 is 2.40 bits per heavy atom. The average Bonchev–Trinajstić information content (AvgIpc) is 2.49. The minimum absolute atomic E-state index is 0.146.